The predicted octanol–water partition coefficient (Wildman–Crippen LogP) is 4.22. The van der Waals surface area contributed by atoms with Crippen LogP contribution in [0, 0.1) is 0 Å². The molecule has 9 nitrogen and oxygen atoms in total. The first-order chi connectivity index (χ1) is 18.9. The number of hydrogen-bond donors (Lipinski definition) is 3. The molecule has 1 heterocycles. The summed E-state index contributed by atoms with van der Waals surface area (Å²) in [4.78, 5) is 53.5. The zero-order valence-corrected chi connectivity index (χ0v) is 21.6. The summed E-state index contributed by atoms with van der Waals surface area (Å²) >= 11 is 0. The molecule has 1 fully saturated rings. The van der Waals surface area contributed by atoms with E-state index in [0.717, 1.165) is 24.8 Å². The van der Waals surface area contributed by atoms with Gasteiger partial charge in [0.25, 0.3) is 0 Å². The Hall–Kier alpha value is -4.66. The van der Waals surface area contributed by atoms with E-state index in [4.69, 9.17) is 5.11 Å². The molecule has 1 aliphatic rings. The molecule has 1 unspecified atom stereocenters. The quantitative estimate of drug-likeness (QED) is 0.384. The molecular formula is C30H32N4O5. The third-order valence-corrected chi connectivity index (χ3v) is 6.61. The number of piperidine rings is 1. The average molecular weight is 529 g/mol. The zero-order valence-electron chi connectivity index (χ0n) is 21.6. The standard InChI is InChI=1S/C30H32N4O5/c35-27(20-31-30(39)32-24-13-9-10-22(18-24)19-29(37)38)34(25-14-5-2-6-15-25)21-28(36)33-17-8-7-16-26(33)23-11-3-1-4-12-23/h1-6,9-15,18,26H,7-8,16-17,19-21H2,(H,37,38)(H2,31,32,39). The zero-order chi connectivity index (χ0) is 27.6. The Kier molecular flexibility index (Phi) is 9.29. The number of anilines is 2. The number of carbonyl (C=O) groups excluding carboxylic acids is 3. The van der Waals surface area contributed by atoms with E-state index in [1.54, 1.807) is 48.5 Å². The van der Waals surface area contributed by atoms with Crippen molar-refractivity contribution in [3.05, 3.63) is 96.1 Å². The van der Waals surface area contributed by atoms with Crippen LogP contribution in [0.3, 0.4) is 0 Å². The maximum Gasteiger partial charge on any atom is 0.319 e. The second kappa shape index (κ2) is 13.2. The highest BCUT2D eigenvalue weighted by Crippen LogP contribution is 2.31. The van der Waals surface area contributed by atoms with Crippen molar-refractivity contribution in [3.63, 3.8) is 0 Å². The summed E-state index contributed by atoms with van der Waals surface area (Å²) in [6.45, 7) is 0.147. The van der Waals surface area contributed by atoms with Crippen LogP contribution < -0.4 is 15.5 Å². The van der Waals surface area contributed by atoms with Crippen molar-refractivity contribution >= 4 is 35.2 Å². The number of likely N-dealkylation sites (tertiary alicyclic amines) is 1. The molecule has 3 N–H and O–H groups in total. The van der Waals surface area contributed by atoms with Crippen LogP contribution >= 0.6 is 0 Å². The van der Waals surface area contributed by atoms with Crippen molar-refractivity contribution in [2.24, 2.45) is 0 Å². The number of nitrogens with one attached hydrogen (secondary N) is 2. The Bertz CT molecular complexity index is 1300. The van der Waals surface area contributed by atoms with E-state index < -0.39 is 17.9 Å². The number of urea groups is 1. The average Bonchev–Trinajstić information content (AvgIpc) is 2.95. The monoisotopic (exact) mass is 528 g/mol. The molecule has 4 amide bonds. The highest BCUT2D eigenvalue weighted by atomic mass is 16.4. The van der Waals surface area contributed by atoms with E-state index in [1.165, 1.54) is 4.90 Å². The number of nitrogens with zero attached hydrogens (tertiary/aromatic N) is 2. The fraction of sp³-hybridized carbons (Fsp3) is 0.267. The minimum atomic E-state index is -0.975. The summed E-state index contributed by atoms with van der Waals surface area (Å²) in [7, 11) is 0. The van der Waals surface area contributed by atoms with Gasteiger partial charge in [0.15, 0.2) is 0 Å². The van der Waals surface area contributed by atoms with Crippen molar-refractivity contribution in [1.82, 2.24) is 10.2 Å². The Labute approximate surface area is 227 Å². The van der Waals surface area contributed by atoms with Crippen molar-refractivity contribution in [2.45, 2.75) is 31.7 Å². The van der Waals surface area contributed by atoms with Gasteiger partial charge >= 0.3 is 12.0 Å². The van der Waals surface area contributed by atoms with E-state index in [9.17, 15) is 19.2 Å². The van der Waals surface area contributed by atoms with Gasteiger partial charge in [-0.05, 0) is 54.7 Å². The lowest BCUT2D eigenvalue weighted by Crippen LogP contribution is -2.48. The smallest absolute Gasteiger partial charge is 0.319 e. The van der Waals surface area contributed by atoms with Gasteiger partial charge in [-0.1, -0.05) is 60.7 Å². The molecule has 0 saturated carbocycles. The van der Waals surface area contributed by atoms with Crippen LogP contribution in [0.4, 0.5) is 16.2 Å². The van der Waals surface area contributed by atoms with Crippen LogP contribution in [0.1, 0.15) is 36.4 Å². The predicted molar refractivity (Wildman–Crippen MR) is 148 cm³/mol. The summed E-state index contributed by atoms with van der Waals surface area (Å²) in [5.74, 6) is -1.56. The van der Waals surface area contributed by atoms with Gasteiger partial charge < -0.3 is 25.5 Å². The number of aliphatic carboxylic acids is 1. The SMILES string of the molecule is O=C(O)Cc1cccc(NC(=O)NCC(=O)N(CC(=O)N2CCCCC2c2ccccc2)c2ccccc2)c1. The van der Waals surface area contributed by atoms with Crippen LogP contribution in [-0.4, -0.2) is 53.5 Å². The van der Waals surface area contributed by atoms with Crippen molar-refractivity contribution in [3.8, 4) is 0 Å². The highest BCUT2D eigenvalue weighted by molar-refractivity contribution is 6.02. The molecule has 0 bridgehead atoms. The first kappa shape index (κ1) is 27.4. The van der Waals surface area contributed by atoms with Crippen LogP contribution in [0.2, 0.25) is 0 Å². The molecular weight excluding hydrogens is 496 g/mol. The van der Waals surface area contributed by atoms with Crippen LogP contribution in [0.15, 0.2) is 84.9 Å². The number of para-hydroxylation sites is 1. The third kappa shape index (κ3) is 7.67. The third-order valence-electron chi connectivity index (χ3n) is 6.61. The molecule has 1 saturated heterocycles. The maximum absolute atomic E-state index is 13.5. The number of hydrogen-bond acceptors (Lipinski definition) is 4. The Balaban J connectivity index is 1.42. The van der Waals surface area contributed by atoms with Crippen LogP contribution in [0.5, 0.6) is 0 Å². The van der Waals surface area contributed by atoms with Crippen molar-refractivity contribution in [2.75, 3.05) is 29.9 Å². The lowest BCUT2D eigenvalue weighted by molar-refractivity contribution is -0.136. The molecule has 4 rings (SSSR count). The molecule has 0 spiro atoms. The molecule has 1 aliphatic heterocycles. The van der Waals surface area contributed by atoms with Gasteiger partial charge in [0.2, 0.25) is 11.8 Å². The number of carboxylic acids is 1. The van der Waals surface area contributed by atoms with Gasteiger partial charge in [-0.25, -0.2) is 4.79 Å². The summed E-state index contributed by atoms with van der Waals surface area (Å²) in [5, 5.41) is 14.1. The topological polar surface area (TPSA) is 119 Å². The minimum absolute atomic E-state index is 0.0408. The van der Waals surface area contributed by atoms with E-state index >= 15 is 0 Å². The lowest BCUT2D eigenvalue weighted by atomic mass is 9.95. The number of carboxylic acid groups (broad SMARTS) is 1. The van der Waals surface area contributed by atoms with E-state index in [1.807, 2.05) is 41.3 Å². The van der Waals surface area contributed by atoms with Crippen molar-refractivity contribution in [1.29, 1.82) is 0 Å². The Morgan fingerprint density at radius 3 is 2.33 bits per heavy atom. The molecule has 9 heteroatoms. The van der Waals surface area contributed by atoms with E-state index in [0.29, 0.717) is 23.5 Å². The van der Waals surface area contributed by atoms with Crippen LogP contribution in [0.25, 0.3) is 0 Å². The molecule has 3 aromatic rings. The number of benzene rings is 3. The molecule has 39 heavy (non-hydrogen) atoms. The highest BCUT2D eigenvalue weighted by Gasteiger charge is 2.30. The summed E-state index contributed by atoms with van der Waals surface area (Å²) in [6.07, 6.45) is 2.63. The Morgan fingerprint density at radius 2 is 1.62 bits per heavy atom. The van der Waals surface area contributed by atoms with E-state index in [-0.39, 0.29) is 31.5 Å². The number of amides is 4. The van der Waals surface area contributed by atoms with Gasteiger partial charge in [0.05, 0.1) is 19.0 Å². The second-order valence-corrected chi connectivity index (χ2v) is 9.40. The van der Waals surface area contributed by atoms with Crippen molar-refractivity contribution < 1.29 is 24.3 Å². The first-order valence-electron chi connectivity index (χ1n) is 13.0. The molecule has 0 aliphatic carbocycles. The lowest BCUT2D eigenvalue weighted by Gasteiger charge is -2.37. The van der Waals surface area contributed by atoms with Gasteiger partial charge in [0.1, 0.15) is 6.54 Å². The molecule has 3 aromatic carbocycles. The Morgan fingerprint density at radius 1 is 0.897 bits per heavy atom. The molecule has 1 atom stereocenters. The van der Waals surface area contributed by atoms with E-state index in [2.05, 4.69) is 10.6 Å². The van der Waals surface area contributed by atoms with Gasteiger partial charge in [-0.15, -0.1) is 0 Å². The molecule has 202 valence electrons. The number of rotatable bonds is 9. The fourth-order valence-corrected chi connectivity index (χ4v) is 4.77. The largest absolute Gasteiger partial charge is 0.481 e. The first-order valence-corrected chi connectivity index (χ1v) is 13.0. The molecule has 0 aromatic heterocycles. The normalized spacial score (nSPS) is 14.8. The summed E-state index contributed by atoms with van der Waals surface area (Å²) in [5.41, 5.74) is 2.59. The summed E-state index contributed by atoms with van der Waals surface area (Å²) in [6, 6.07) is 24.7. The second-order valence-electron chi connectivity index (χ2n) is 9.40. The van der Waals surface area contributed by atoms with Crippen LogP contribution in [-0.2, 0) is 20.8 Å². The van der Waals surface area contributed by atoms with Gasteiger partial charge in [-0.3, -0.25) is 14.4 Å². The van der Waals surface area contributed by atoms with Gasteiger partial charge in [0, 0.05) is 17.9 Å². The summed E-state index contributed by atoms with van der Waals surface area (Å²) < 4.78 is 0. The maximum atomic E-state index is 13.5. The minimum Gasteiger partial charge on any atom is -0.481 e. The number of carbonyl (C=O) groups is 4. The van der Waals surface area contributed by atoms with Gasteiger partial charge in [-0.2, -0.15) is 0 Å². The molecule has 0 radical (unpaired) electrons. The fourth-order valence-electron chi connectivity index (χ4n) is 4.77.